The van der Waals surface area contributed by atoms with Gasteiger partial charge in [0.25, 0.3) is 11.1 Å². The number of benzene rings is 1. The number of thioether (sulfide) groups is 1. The number of rotatable bonds is 7. The lowest BCUT2D eigenvalue weighted by Gasteiger charge is -2.59. The van der Waals surface area contributed by atoms with Crippen LogP contribution in [-0.4, -0.2) is 78.5 Å². The monoisotopic (exact) mass is 496 g/mol. The van der Waals surface area contributed by atoms with Crippen molar-refractivity contribution >= 4 is 46.7 Å². The summed E-state index contributed by atoms with van der Waals surface area (Å²) in [4.78, 5) is 49.1. The van der Waals surface area contributed by atoms with Crippen LogP contribution in [0.4, 0.5) is 21.2 Å². The smallest absolute Gasteiger partial charge is 0.321 e. The first-order chi connectivity index (χ1) is 16.9. The Hall–Kier alpha value is -3.64. The van der Waals surface area contributed by atoms with E-state index in [0.29, 0.717) is 56.9 Å². The summed E-state index contributed by atoms with van der Waals surface area (Å²) in [6.07, 6.45) is 1.55. The molecule has 2 aromatic rings. The van der Waals surface area contributed by atoms with Crippen LogP contribution < -0.4 is 20.3 Å². The number of methoxy groups -OCH3 is 1. The summed E-state index contributed by atoms with van der Waals surface area (Å²) >= 11 is 0.829. The Morgan fingerprint density at radius 3 is 2.63 bits per heavy atom. The number of ether oxygens (including phenoxy) is 2. The molecule has 35 heavy (non-hydrogen) atoms. The first-order valence-corrected chi connectivity index (χ1v) is 11.9. The van der Waals surface area contributed by atoms with Crippen LogP contribution >= 0.6 is 11.8 Å². The van der Waals surface area contributed by atoms with E-state index in [0.717, 1.165) is 17.4 Å². The fourth-order valence-corrected chi connectivity index (χ4v) is 4.91. The standard InChI is InChI=1S/C23H24N6O5S/c1-33-7-8-34-18-10-16(9-17-19(30)27-22(32)35-17)24-20(26-18)28-11-23(12-28)13-29(14-23)21(31)25-15-5-3-2-4-6-15/h2-6,9-10H,7-8,11-14H2,1H3,(H,25,31)(H,27,30,32). The minimum Gasteiger partial charge on any atom is -0.475 e. The molecule has 0 saturated carbocycles. The van der Waals surface area contributed by atoms with Crippen molar-refractivity contribution in [2.75, 3.05) is 56.7 Å². The van der Waals surface area contributed by atoms with Gasteiger partial charge in [0.05, 0.1) is 17.2 Å². The van der Waals surface area contributed by atoms with Crippen LogP contribution in [0.1, 0.15) is 5.69 Å². The van der Waals surface area contributed by atoms with Crippen LogP contribution in [0.5, 0.6) is 5.88 Å². The molecule has 1 aromatic heterocycles. The van der Waals surface area contributed by atoms with Crippen molar-refractivity contribution in [1.82, 2.24) is 20.2 Å². The number of carbonyl (C=O) groups is 3. The number of anilines is 2. The highest BCUT2D eigenvalue weighted by atomic mass is 32.2. The first-order valence-electron chi connectivity index (χ1n) is 11.0. The van der Waals surface area contributed by atoms with Gasteiger partial charge in [-0.2, -0.15) is 4.98 Å². The molecular formula is C23H24N6O5S. The van der Waals surface area contributed by atoms with Crippen LogP contribution in [0.15, 0.2) is 41.3 Å². The van der Waals surface area contributed by atoms with E-state index >= 15 is 0 Å². The molecule has 0 atom stereocenters. The van der Waals surface area contributed by atoms with Crippen molar-refractivity contribution in [1.29, 1.82) is 0 Å². The number of likely N-dealkylation sites (tertiary alicyclic amines) is 1. The quantitative estimate of drug-likeness (QED) is 0.438. The van der Waals surface area contributed by atoms with E-state index in [9.17, 15) is 14.4 Å². The molecule has 1 spiro atoms. The highest BCUT2D eigenvalue weighted by molar-refractivity contribution is 8.18. The van der Waals surface area contributed by atoms with Gasteiger partial charge in [-0.3, -0.25) is 14.9 Å². The van der Waals surface area contributed by atoms with E-state index < -0.39 is 11.1 Å². The molecule has 0 unspecified atom stereocenters. The fourth-order valence-electron chi connectivity index (χ4n) is 4.24. The Kier molecular flexibility index (Phi) is 6.31. The number of imide groups is 1. The van der Waals surface area contributed by atoms with Gasteiger partial charge < -0.3 is 24.6 Å². The third-order valence-corrected chi connectivity index (χ3v) is 6.68. The number of carbonyl (C=O) groups excluding carboxylic acids is 3. The van der Waals surface area contributed by atoms with Gasteiger partial charge in [-0.1, -0.05) is 18.2 Å². The fraction of sp³-hybridized carbons (Fsp3) is 0.348. The van der Waals surface area contributed by atoms with E-state index in [2.05, 4.69) is 20.6 Å². The topological polar surface area (TPSA) is 126 Å². The van der Waals surface area contributed by atoms with E-state index in [4.69, 9.17) is 9.47 Å². The number of nitrogens with one attached hydrogen (secondary N) is 2. The molecular weight excluding hydrogens is 472 g/mol. The molecule has 2 N–H and O–H groups in total. The number of amides is 4. The van der Waals surface area contributed by atoms with Crippen molar-refractivity contribution < 1.29 is 23.9 Å². The zero-order valence-electron chi connectivity index (χ0n) is 19.0. The summed E-state index contributed by atoms with van der Waals surface area (Å²) in [6, 6.07) is 10.9. The molecule has 12 heteroatoms. The molecule has 0 bridgehead atoms. The zero-order chi connectivity index (χ0) is 24.4. The molecule has 3 aliphatic rings. The second kappa shape index (κ2) is 9.55. The van der Waals surface area contributed by atoms with Crippen LogP contribution in [-0.2, 0) is 9.53 Å². The third-order valence-electron chi connectivity index (χ3n) is 5.87. The molecule has 4 amide bonds. The minimum atomic E-state index is -0.451. The van der Waals surface area contributed by atoms with Crippen LogP contribution in [0.2, 0.25) is 0 Å². The average molecular weight is 497 g/mol. The van der Waals surface area contributed by atoms with Gasteiger partial charge >= 0.3 is 6.03 Å². The van der Waals surface area contributed by atoms with Gasteiger partial charge in [-0.15, -0.1) is 0 Å². The Balaban J connectivity index is 1.24. The lowest BCUT2D eigenvalue weighted by Crippen LogP contribution is -2.73. The van der Waals surface area contributed by atoms with E-state index in [-0.39, 0.29) is 16.4 Å². The Bertz CT molecular complexity index is 1180. The molecule has 5 rings (SSSR count). The maximum Gasteiger partial charge on any atom is 0.321 e. The van der Waals surface area contributed by atoms with Gasteiger partial charge in [0, 0.05) is 50.5 Å². The lowest BCUT2D eigenvalue weighted by molar-refractivity contribution is -0.115. The van der Waals surface area contributed by atoms with Crippen molar-refractivity contribution in [3.05, 3.63) is 47.0 Å². The van der Waals surface area contributed by atoms with Crippen molar-refractivity contribution in [3.8, 4) is 5.88 Å². The van der Waals surface area contributed by atoms with E-state index in [1.165, 1.54) is 0 Å². The largest absolute Gasteiger partial charge is 0.475 e. The Morgan fingerprint density at radius 2 is 1.94 bits per heavy atom. The number of hydrogen-bond donors (Lipinski definition) is 2. The predicted molar refractivity (Wildman–Crippen MR) is 130 cm³/mol. The number of para-hydroxylation sites is 1. The molecule has 0 aliphatic carbocycles. The number of hydrogen-bond acceptors (Lipinski definition) is 9. The molecule has 4 heterocycles. The number of aromatic nitrogens is 2. The summed E-state index contributed by atoms with van der Waals surface area (Å²) in [7, 11) is 1.58. The van der Waals surface area contributed by atoms with Gasteiger partial charge in [-0.05, 0) is 30.0 Å². The van der Waals surface area contributed by atoms with Crippen LogP contribution in [0.25, 0.3) is 6.08 Å². The third kappa shape index (κ3) is 5.08. The average Bonchev–Trinajstić information content (AvgIpc) is 3.09. The molecule has 3 fully saturated rings. The molecule has 11 nitrogen and oxygen atoms in total. The first kappa shape index (κ1) is 23.1. The molecule has 182 valence electrons. The second-order valence-electron chi connectivity index (χ2n) is 8.63. The lowest BCUT2D eigenvalue weighted by atomic mass is 9.73. The van der Waals surface area contributed by atoms with Gasteiger partial charge in [0.2, 0.25) is 11.8 Å². The number of nitrogens with zero attached hydrogens (tertiary/aromatic N) is 4. The highest BCUT2D eigenvalue weighted by Gasteiger charge is 2.54. The SMILES string of the molecule is COCCOc1cc(C=C2SC(=O)NC2=O)nc(N2CC3(CN(C(=O)Nc4ccccc4)C3)C2)n1. The summed E-state index contributed by atoms with van der Waals surface area (Å²) in [6.45, 7) is 3.42. The van der Waals surface area contributed by atoms with Gasteiger partial charge in [-0.25, -0.2) is 9.78 Å². The van der Waals surface area contributed by atoms with Gasteiger partial charge in [0.1, 0.15) is 6.61 Å². The summed E-state index contributed by atoms with van der Waals surface area (Å²) < 4.78 is 10.7. The summed E-state index contributed by atoms with van der Waals surface area (Å²) in [5.74, 6) is 0.375. The highest BCUT2D eigenvalue weighted by Crippen LogP contribution is 2.41. The Morgan fingerprint density at radius 1 is 1.17 bits per heavy atom. The zero-order valence-corrected chi connectivity index (χ0v) is 19.8. The summed E-state index contributed by atoms with van der Waals surface area (Å²) in [5, 5.41) is 4.73. The maximum atomic E-state index is 12.5. The molecule has 0 radical (unpaired) electrons. The van der Waals surface area contributed by atoms with Crippen molar-refractivity contribution in [3.63, 3.8) is 0 Å². The number of urea groups is 1. The molecule has 1 aromatic carbocycles. The second-order valence-corrected chi connectivity index (χ2v) is 9.65. The normalized spacial score (nSPS) is 19.4. The van der Waals surface area contributed by atoms with Crippen LogP contribution in [0, 0.1) is 5.41 Å². The van der Waals surface area contributed by atoms with Crippen molar-refractivity contribution in [2.24, 2.45) is 5.41 Å². The Labute approximate surface area is 205 Å². The molecule has 3 aliphatic heterocycles. The minimum absolute atomic E-state index is 0.0105. The van der Waals surface area contributed by atoms with E-state index in [1.807, 2.05) is 35.2 Å². The molecule has 3 saturated heterocycles. The maximum absolute atomic E-state index is 12.5. The van der Waals surface area contributed by atoms with Crippen molar-refractivity contribution in [2.45, 2.75) is 0 Å². The van der Waals surface area contributed by atoms with E-state index in [1.54, 1.807) is 24.2 Å². The van der Waals surface area contributed by atoms with Crippen LogP contribution in [0.3, 0.4) is 0 Å². The van der Waals surface area contributed by atoms with Gasteiger partial charge in [0.15, 0.2) is 0 Å². The summed E-state index contributed by atoms with van der Waals surface area (Å²) in [5.41, 5.74) is 1.24. The predicted octanol–water partition coefficient (Wildman–Crippen LogP) is 2.18.